The van der Waals surface area contributed by atoms with Crippen molar-refractivity contribution in [3.8, 4) is 11.5 Å². The molecule has 1 aliphatic rings. The summed E-state index contributed by atoms with van der Waals surface area (Å²) >= 11 is 2.67. The Bertz CT molecular complexity index is 775. The fourth-order valence-electron chi connectivity index (χ4n) is 2.93. The van der Waals surface area contributed by atoms with Gasteiger partial charge in [0.15, 0.2) is 11.5 Å². The van der Waals surface area contributed by atoms with Crippen LogP contribution in [0, 0.1) is 0 Å². The number of benzene rings is 1. The molecule has 1 fully saturated rings. The molecule has 3 atom stereocenters. The topological polar surface area (TPSA) is 118 Å². The predicted octanol–water partition coefficient (Wildman–Crippen LogP) is 1.03. The van der Waals surface area contributed by atoms with E-state index < -0.39 is 24.1 Å². The van der Waals surface area contributed by atoms with E-state index in [-0.39, 0.29) is 28.9 Å². The first kappa shape index (κ1) is 23.4. The zero-order chi connectivity index (χ0) is 21.7. The van der Waals surface area contributed by atoms with Crippen LogP contribution in [0.4, 0.5) is 0 Å². The number of carbonyl (C=O) groups excluding carboxylic acids is 3. The van der Waals surface area contributed by atoms with Gasteiger partial charge in [-0.25, -0.2) is 0 Å². The van der Waals surface area contributed by atoms with Gasteiger partial charge in [0, 0.05) is 19.2 Å². The van der Waals surface area contributed by atoms with Gasteiger partial charge in [-0.15, -0.1) is 11.8 Å². The van der Waals surface area contributed by atoms with E-state index in [1.54, 1.807) is 6.92 Å². The smallest absolute Gasteiger partial charge is 0.252 e. The number of aromatic hydroxyl groups is 2. The number of likely N-dealkylation sites (N-methyl/N-ethyl adjacent to an activating group) is 1. The normalized spacial score (nSPS) is 18.3. The van der Waals surface area contributed by atoms with Crippen LogP contribution in [0.3, 0.4) is 0 Å². The molecule has 1 saturated heterocycles. The van der Waals surface area contributed by atoms with Crippen LogP contribution in [0.1, 0.15) is 19.4 Å². The van der Waals surface area contributed by atoms with Crippen LogP contribution in [0.5, 0.6) is 11.5 Å². The lowest BCUT2D eigenvalue weighted by Gasteiger charge is -2.31. The van der Waals surface area contributed by atoms with Crippen LogP contribution in [-0.2, 0) is 20.8 Å². The Hall–Kier alpha value is -1.91. The Morgan fingerprint density at radius 1 is 1.31 bits per heavy atom. The van der Waals surface area contributed by atoms with Crippen molar-refractivity contribution in [1.29, 1.82) is 0 Å². The number of hydrogen-bond acceptors (Lipinski definition) is 8. The van der Waals surface area contributed by atoms with Gasteiger partial charge in [0.25, 0.3) is 5.91 Å². The summed E-state index contributed by atoms with van der Waals surface area (Å²) in [5.74, 6) is -0.0529. The van der Waals surface area contributed by atoms with E-state index in [2.05, 4.69) is 0 Å². The van der Waals surface area contributed by atoms with Gasteiger partial charge in [-0.3, -0.25) is 14.4 Å². The average Bonchev–Trinajstić information content (AvgIpc) is 3.18. The van der Waals surface area contributed by atoms with Crippen LogP contribution in [0.15, 0.2) is 18.2 Å². The Morgan fingerprint density at radius 3 is 2.62 bits per heavy atom. The van der Waals surface area contributed by atoms with Gasteiger partial charge in [0.05, 0.1) is 5.88 Å². The molecule has 10 heteroatoms. The molecule has 2 amide bonds. The molecule has 160 valence electrons. The predicted molar refractivity (Wildman–Crippen MR) is 113 cm³/mol. The third-order valence-corrected chi connectivity index (χ3v) is 6.62. The lowest BCUT2D eigenvalue weighted by Crippen LogP contribution is -2.53. The molecule has 1 aromatic rings. The molecule has 1 aromatic carbocycles. The van der Waals surface area contributed by atoms with E-state index in [0.717, 1.165) is 0 Å². The number of aliphatic hydroxyl groups is 1. The maximum absolute atomic E-state index is 12.9. The minimum absolute atomic E-state index is 0.0563. The Labute approximate surface area is 178 Å². The second-order valence-corrected chi connectivity index (χ2v) is 9.01. The van der Waals surface area contributed by atoms with E-state index in [1.807, 2.05) is 6.92 Å². The number of aliphatic hydroxyl groups excluding tert-OH is 1. The van der Waals surface area contributed by atoms with Crippen molar-refractivity contribution in [2.24, 2.45) is 0 Å². The molecular weight excluding hydrogens is 416 g/mol. The first-order valence-electron chi connectivity index (χ1n) is 9.17. The summed E-state index contributed by atoms with van der Waals surface area (Å²) in [6.07, 6.45) is -1.49. The number of rotatable bonds is 7. The molecule has 0 radical (unpaired) electrons. The number of nitrogens with zero attached hydrogens (tertiary/aromatic N) is 2. The number of phenolic OH excluding ortho intramolecular Hbond substituents is 2. The molecule has 1 heterocycles. The van der Waals surface area contributed by atoms with Crippen LogP contribution in [0.25, 0.3) is 0 Å². The molecule has 8 nitrogen and oxygen atoms in total. The van der Waals surface area contributed by atoms with Crippen molar-refractivity contribution >= 4 is 40.5 Å². The molecule has 29 heavy (non-hydrogen) atoms. The Kier molecular flexibility index (Phi) is 8.23. The van der Waals surface area contributed by atoms with Crippen molar-refractivity contribution < 1.29 is 29.7 Å². The molecule has 0 saturated carbocycles. The number of amides is 2. The maximum Gasteiger partial charge on any atom is 0.252 e. The van der Waals surface area contributed by atoms with Crippen LogP contribution >= 0.6 is 23.5 Å². The van der Waals surface area contributed by atoms with Crippen molar-refractivity contribution in [3.05, 3.63) is 23.8 Å². The van der Waals surface area contributed by atoms with Gasteiger partial charge in [-0.2, -0.15) is 0 Å². The van der Waals surface area contributed by atoms with E-state index >= 15 is 0 Å². The number of carbonyl (C=O) groups is 3. The van der Waals surface area contributed by atoms with Gasteiger partial charge in [-0.05, 0) is 30.4 Å². The average molecular weight is 443 g/mol. The Morgan fingerprint density at radius 2 is 2.00 bits per heavy atom. The van der Waals surface area contributed by atoms with Crippen molar-refractivity contribution in [2.75, 3.05) is 24.4 Å². The summed E-state index contributed by atoms with van der Waals surface area (Å²) in [6.45, 7) is 3.44. The highest BCUT2D eigenvalue weighted by Crippen LogP contribution is 2.27. The molecular formula is C19H26N2O6S2. The highest BCUT2D eigenvalue weighted by atomic mass is 32.2. The molecule has 1 aliphatic heterocycles. The van der Waals surface area contributed by atoms with Crippen molar-refractivity contribution in [1.82, 2.24) is 9.80 Å². The third-order valence-electron chi connectivity index (χ3n) is 4.76. The van der Waals surface area contributed by atoms with E-state index in [9.17, 15) is 29.7 Å². The standard InChI is InChI=1S/C19H26N2O6S2/c1-4-29-19(27)13-9-28-10-21(13)17(25)11(2)20(3)18(26)16(24)8-12-5-6-14(22)15(23)7-12/h5-7,11,13,16,22-24H,4,8-10H2,1-3H3. The van der Waals surface area contributed by atoms with Crippen molar-refractivity contribution in [3.63, 3.8) is 0 Å². The SMILES string of the molecule is CCSC(=O)C1CSCN1C(=O)C(C)N(C)C(=O)C(O)Cc1ccc(O)c(O)c1. The van der Waals surface area contributed by atoms with Gasteiger partial charge >= 0.3 is 0 Å². The highest BCUT2D eigenvalue weighted by molar-refractivity contribution is 8.13. The molecule has 0 aromatic heterocycles. The molecule has 0 aliphatic carbocycles. The number of phenols is 2. The van der Waals surface area contributed by atoms with Crippen LogP contribution in [-0.4, -0.2) is 84.7 Å². The second-order valence-electron chi connectivity index (χ2n) is 6.74. The molecule has 0 bridgehead atoms. The number of thioether (sulfide) groups is 2. The monoisotopic (exact) mass is 442 g/mol. The largest absolute Gasteiger partial charge is 0.504 e. The van der Waals surface area contributed by atoms with Gasteiger partial charge in [0.2, 0.25) is 11.0 Å². The number of hydrogen-bond donors (Lipinski definition) is 3. The lowest BCUT2D eigenvalue weighted by atomic mass is 10.1. The minimum atomic E-state index is -1.42. The maximum atomic E-state index is 12.9. The van der Waals surface area contributed by atoms with Crippen LogP contribution in [0.2, 0.25) is 0 Å². The first-order valence-corrected chi connectivity index (χ1v) is 11.3. The first-order chi connectivity index (χ1) is 13.7. The van der Waals surface area contributed by atoms with Gasteiger partial charge in [0.1, 0.15) is 18.2 Å². The minimum Gasteiger partial charge on any atom is -0.504 e. The summed E-state index contributed by atoms with van der Waals surface area (Å²) < 4.78 is 0. The zero-order valence-electron chi connectivity index (χ0n) is 16.6. The molecule has 2 rings (SSSR count). The van der Waals surface area contributed by atoms with Gasteiger partial charge in [-0.1, -0.05) is 24.8 Å². The zero-order valence-corrected chi connectivity index (χ0v) is 18.2. The lowest BCUT2D eigenvalue weighted by molar-refractivity contribution is -0.149. The second kappa shape index (κ2) is 10.2. The fraction of sp³-hybridized carbons (Fsp3) is 0.526. The fourth-order valence-corrected chi connectivity index (χ4v) is 4.89. The van der Waals surface area contributed by atoms with E-state index in [0.29, 0.717) is 22.9 Å². The summed E-state index contributed by atoms with van der Waals surface area (Å²) in [4.78, 5) is 40.4. The molecule has 3 N–H and O–H groups in total. The summed E-state index contributed by atoms with van der Waals surface area (Å²) in [5.41, 5.74) is 0.465. The summed E-state index contributed by atoms with van der Waals surface area (Å²) in [6, 6.07) is 2.68. The Balaban J connectivity index is 2.02. The highest BCUT2D eigenvalue weighted by Gasteiger charge is 2.38. The van der Waals surface area contributed by atoms with Gasteiger partial charge < -0.3 is 25.1 Å². The summed E-state index contributed by atoms with van der Waals surface area (Å²) in [5, 5.41) is 29.1. The van der Waals surface area contributed by atoms with E-state index in [1.165, 1.54) is 58.6 Å². The summed E-state index contributed by atoms with van der Waals surface area (Å²) in [7, 11) is 1.43. The van der Waals surface area contributed by atoms with E-state index in [4.69, 9.17) is 0 Å². The quantitative estimate of drug-likeness (QED) is 0.536. The third kappa shape index (κ3) is 5.58. The van der Waals surface area contributed by atoms with Crippen LogP contribution < -0.4 is 0 Å². The van der Waals surface area contributed by atoms with Crippen molar-refractivity contribution in [2.45, 2.75) is 38.5 Å². The molecule has 0 spiro atoms. The molecule has 3 unspecified atom stereocenters.